The van der Waals surface area contributed by atoms with E-state index in [1.807, 2.05) is 35.2 Å². The summed E-state index contributed by atoms with van der Waals surface area (Å²) in [4.78, 5) is 85.9. The molecule has 1 saturated carbocycles. The Balaban J connectivity index is 0.721. The Hall–Kier alpha value is -6.21. The minimum Gasteiger partial charge on any atom is -0.369 e. The summed E-state index contributed by atoms with van der Waals surface area (Å²) in [5, 5.41) is 14.6. The van der Waals surface area contributed by atoms with Gasteiger partial charge in [0.25, 0.3) is 17.7 Å². The van der Waals surface area contributed by atoms with Gasteiger partial charge in [-0.05, 0) is 99.2 Å². The normalized spacial score (nSPS) is 21.9. The van der Waals surface area contributed by atoms with E-state index >= 15 is 4.39 Å². The monoisotopic (exact) mass is 945 g/mol. The summed E-state index contributed by atoms with van der Waals surface area (Å²) < 4.78 is 55.6. The van der Waals surface area contributed by atoms with Gasteiger partial charge in [-0.25, -0.2) is 9.37 Å². The molecule has 0 radical (unpaired) electrons. The average molecular weight is 946 g/mol. The van der Waals surface area contributed by atoms with Crippen molar-refractivity contribution < 1.29 is 46.3 Å². The first-order valence-electron chi connectivity index (χ1n) is 22.4. The summed E-state index contributed by atoms with van der Waals surface area (Å²) in [6.45, 7) is 4.52. The first-order valence-corrected chi connectivity index (χ1v) is 22.8. The van der Waals surface area contributed by atoms with Crippen LogP contribution in [0.4, 0.5) is 23.2 Å². The molecule has 4 N–H and O–H groups in total. The molecule has 1 aliphatic carbocycles. The number of halogens is 5. The molecular weight excluding hydrogens is 898 g/mol. The Kier molecular flexibility index (Phi) is 12.2. The van der Waals surface area contributed by atoms with Crippen molar-refractivity contribution in [2.24, 2.45) is 5.92 Å². The maximum Gasteiger partial charge on any atom is 0.401 e. The largest absolute Gasteiger partial charge is 0.401 e. The number of fused-ring (bicyclic) bond motifs is 1. The SMILES string of the molecule is CC(C)(c1n[nH]c(CNC(=O)[C@H]2C[C@@H]2c2ccc(-c3ccc(C(=O)NC4CCN(C5CCN(c6cc7c(cc6F)C(=O)N(C6CCC(=O)NC6=O)C7=O)CC5)CC4)c(Cl)c3)cc2)n1)C(F)(F)F. The molecule has 3 saturated heterocycles. The van der Waals surface area contributed by atoms with Crippen LogP contribution in [0.5, 0.6) is 0 Å². The zero-order chi connectivity index (χ0) is 47.5. The second kappa shape index (κ2) is 17.8. The standard InChI is InChI=1S/C47H48ClF4N9O6/c1-46(2,47(50,51)52)45-55-38(57-58-45)23-53-40(63)31-20-30(31)25-5-3-24(4-6-25)26-7-8-29(34(48)19-26)41(64)54-27-11-15-59(16-12-27)28-13-17-60(18-14-28)37-22-33-32(21-35(37)49)43(66)61(44(33)67)36-9-10-39(62)56-42(36)65/h3-8,19,21-22,27-28,30-31,36H,9-18,20,23H2,1-2H3,(H,53,63)(H,54,64)(H,55,57,58)(H,56,62,65)/t30-,31+,36?/m1/s1. The van der Waals surface area contributed by atoms with E-state index < -0.39 is 52.9 Å². The Morgan fingerprint density at radius 1 is 0.866 bits per heavy atom. The molecule has 67 heavy (non-hydrogen) atoms. The summed E-state index contributed by atoms with van der Waals surface area (Å²) in [6, 6.07) is 14.6. The van der Waals surface area contributed by atoms with Crippen molar-refractivity contribution in [3.8, 4) is 11.1 Å². The number of likely N-dealkylation sites (tertiary alicyclic amines) is 1. The number of nitrogens with one attached hydrogen (secondary N) is 4. The van der Waals surface area contributed by atoms with E-state index in [0.717, 1.165) is 80.3 Å². The molecule has 6 amide bonds. The van der Waals surface area contributed by atoms with Crippen LogP contribution in [0.3, 0.4) is 0 Å². The minimum atomic E-state index is -4.53. The van der Waals surface area contributed by atoms with Crippen LogP contribution in [0.1, 0.15) is 113 Å². The lowest BCUT2D eigenvalue weighted by atomic mass is 9.92. The van der Waals surface area contributed by atoms with E-state index in [4.69, 9.17) is 11.6 Å². The van der Waals surface area contributed by atoms with Gasteiger partial charge in [0.05, 0.1) is 33.9 Å². The van der Waals surface area contributed by atoms with E-state index in [1.165, 1.54) is 6.07 Å². The zero-order valence-corrected chi connectivity index (χ0v) is 37.4. The summed E-state index contributed by atoms with van der Waals surface area (Å²) >= 11 is 6.67. The number of anilines is 1. The number of aromatic nitrogens is 3. The second-order valence-electron chi connectivity index (χ2n) is 18.5. The Labute approximate surface area is 387 Å². The lowest BCUT2D eigenvalue weighted by Gasteiger charge is -2.42. The van der Waals surface area contributed by atoms with Crippen molar-refractivity contribution in [3.05, 3.63) is 99.3 Å². The van der Waals surface area contributed by atoms with Gasteiger partial charge in [-0.1, -0.05) is 41.9 Å². The molecule has 352 valence electrons. The molecule has 1 aromatic heterocycles. The number of carbonyl (C=O) groups is 6. The van der Waals surface area contributed by atoms with Gasteiger partial charge in [0, 0.05) is 50.6 Å². The van der Waals surface area contributed by atoms with Crippen molar-refractivity contribution in [2.75, 3.05) is 31.1 Å². The number of rotatable bonds is 11. The third kappa shape index (κ3) is 9.02. The van der Waals surface area contributed by atoms with Crippen molar-refractivity contribution in [1.29, 1.82) is 0 Å². The molecule has 0 spiro atoms. The molecule has 3 atom stereocenters. The van der Waals surface area contributed by atoms with Crippen LogP contribution in [0.25, 0.3) is 11.1 Å². The fraction of sp³-hybridized carbons (Fsp3) is 0.447. The van der Waals surface area contributed by atoms with Gasteiger partial charge < -0.3 is 20.4 Å². The van der Waals surface area contributed by atoms with Crippen LogP contribution < -0.4 is 20.9 Å². The highest BCUT2D eigenvalue weighted by atomic mass is 35.5. The Morgan fingerprint density at radius 3 is 2.19 bits per heavy atom. The summed E-state index contributed by atoms with van der Waals surface area (Å²) in [5.41, 5.74) is 0.966. The average Bonchev–Trinajstić information content (AvgIpc) is 3.89. The number of carbonyl (C=O) groups excluding carboxylic acids is 6. The highest BCUT2D eigenvalue weighted by molar-refractivity contribution is 6.34. The molecule has 5 heterocycles. The number of nitrogens with zero attached hydrogens (tertiary/aromatic N) is 5. The highest BCUT2D eigenvalue weighted by Crippen LogP contribution is 2.48. The van der Waals surface area contributed by atoms with Crippen LogP contribution in [-0.4, -0.2) is 111 Å². The molecule has 4 fully saturated rings. The van der Waals surface area contributed by atoms with Crippen molar-refractivity contribution >= 4 is 52.7 Å². The zero-order valence-electron chi connectivity index (χ0n) is 36.6. The van der Waals surface area contributed by atoms with Crippen LogP contribution in [0, 0.1) is 11.7 Å². The number of aromatic amines is 1. The lowest BCUT2D eigenvalue weighted by Crippen LogP contribution is -2.54. The fourth-order valence-electron chi connectivity index (χ4n) is 9.60. The van der Waals surface area contributed by atoms with Crippen LogP contribution in [0.15, 0.2) is 54.6 Å². The van der Waals surface area contributed by atoms with Gasteiger partial charge >= 0.3 is 6.18 Å². The summed E-state index contributed by atoms with van der Waals surface area (Å²) in [5.74, 6) is -4.26. The predicted molar refractivity (Wildman–Crippen MR) is 235 cm³/mol. The van der Waals surface area contributed by atoms with Gasteiger partial charge in [-0.15, -0.1) is 0 Å². The molecule has 20 heteroatoms. The first-order chi connectivity index (χ1) is 31.9. The van der Waals surface area contributed by atoms with Crippen LogP contribution >= 0.6 is 11.6 Å². The van der Waals surface area contributed by atoms with Gasteiger partial charge in [0.1, 0.15) is 23.1 Å². The summed E-state index contributed by atoms with van der Waals surface area (Å²) in [7, 11) is 0. The van der Waals surface area contributed by atoms with Crippen LogP contribution in [0.2, 0.25) is 5.02 Å². The molecule has 1 unspecified atom stereocenters. The van der Waals surface area contributed by atoms with Crippen LogP contribution in [-0.2, 0) is 26.3 Å². The smallest absolute Gasteiger partial charge is 0.369 e. The minimum absolute atomic E-state index is 0.00168. The van der Waals surface area contributed by atoms with E-state index in [1.54, 1.807) is 12.1 Å². The molecule has 9 rings (SSSR count). The third-order valence-corrected chi connectivity index (χ3v) is 14.2. The molecule has 3 aromatic carbocycles. The number of alkyl halides is 3. The number of imide groups is 2. The molecular formula is C47H48ClF4N9O6. The Morgan fingerprint density at radius 2 is 1.54 bits per heavy atom. The number of hydrogen-bond acceptors (Lipinski definition) is 10. The molecule has 5 aliphatic rings. The van der Waals surface area contributed by atoms with Gasteiger partial charge in [0.15, 0.2) is 5.82 Å². The quantitative estimate of drug-likeness (QED) is 0.106. The molecule has 15 nitrogen and oxygen atoms in total. The number of hydrogen-bond donors (Lipinski definition) is 4. The van der Waals surface area contributed by atoms with Gasteiger partial charge in [-0.2, -0.15) is 18.3 Å². The molecule has 4 aromatic rings. The number of amides is 6. The number of benzene rings is 3. The fourth-order valence-corrected chi connectivity index (χ4v) is 9.87. The van der Waals surface area contributed by atoms with Crippen molar-refractivity contribution in [1.82, 2.24) is 40.9 Å². The van der Waals surface area contributed by atoms with Crippen molar-refractivity contribution in [2.45, 2.75) is 101 Å². The molecule has 0 bridgehead atoms. The first kappa shape index (κ1) is 45.9. The van der Waals surface area contributed by atoms with E-state index in [-0.39, 0.29) is 77.8 Å². The Bertz CT molecular complexity index is 2660. The number of piperidine rings is 3. The lowest BCUT2D eigenvalue weighted by molar-refractivity contribution is -0.182. The van der Waals surface area contributed by atoms with E-state index in [9.17, 15) is 41.9 Å². The third-order valence-electron chi connectivity index (χ3n) is 13.9. The van der Waals surface area contributed by atoms with Gasteiger partial charge in [0.2, 0.25) is 17.7 Å². The van der Waals surface area contributed by atoms with E-state index in [2.05, 4.69) is 36.0 Å². The highest BCUT2D eigenvalue weighted by Gasteiger charge is 2.52. The van der Waals surface area contributed by atoms with E-state index in [0.29, 0.717) is 30.1 Å². The molecule has 4 aliphatic heterocycles. The van der Waals surface area contributed by atoms with Crippen molar-refractivity contribution in [3.63, 3.8) is 0 Å². The summed E-state index contributed by atoms with van der Waals surface area (Å²) in [6.07, 6.45) is -0.914. The number of H-pyrrole nitrogens is 1. The predicted octanol–water partition coefficient (Wildman–Crippen LogP) is 5.79. The maximum absolute atomic E-state index is 15.5. The topological polar surface area (TPSA) is 190 Å². The second-order valence-corrected chi connectivity index (χ2v) is 18.9. The van der Waals surface area contributed by atoms with Gasteiger partial charge in [-0.3, -0.25) is 44.1 Å². The maximum atomic E-state index is 15.5.